The fourth-order valence-corrected chi connectivity index (χ4v) is 1.39. The molecule has 1 aliphatic rings. The first kappa shape index (κ1) is 8.53. The number of carbonyl (C=O) groups excluding carboxylic acids is 1. The minimum atomic E-state index is 0.253. The van der Waals surface area contributed by atoms with E-state index in [1.165, 1.54) is 0 Å². The maximum absolute atomic E-state index is 11.2. The number of rotatable bonds is 2. The molecule has 64 valence electrons. The first-order valence-corrected chi connectivity index (χ1v) is 3.98. The van der Waals surface area contributed by atoms with Gasteiger partial charge >= 0.3 is 0 Å². The van der Waals surface area contributed by atoms with Crippen molar-refractivity contribution in [1.29, 1.82) is 0 Å². The van der Waals surface area contributed by atoms with E-state index in [9.17, 15) is 4.79 Å². The van der Waals surface area contributed by atoms with Crippen LogP contribution in [0.1, 0.15) is 6.42 Å². The molecular formula is C8H16N2O. The monoisotopic (exact) mass is 156 g/mol. The van der Waals surface area contributed by atoms with Gasteiger partial charge in [-0.1, -0.05) is 0 Å². The molecule has 1 fully saturated rings. The molecule has 1 aliphatic heterocycles. The lowest BCUT2D eigenvalue weighted by atomic mass is 9.97. The number of hydrogen-bond acceptors (Lipinski definition) is 2. The number of amides is 1. The van der Waals surface area contributed by atoms with E-state index in [1.807, 2.05) is 14.1 Å². The second-order valence-corrected chi connectivity index (χ2v) is 3.58. The molecular weight excluding hydrogens is 140 g/mol. The van der Waals surface area contributed by atoms with Gasteiger partial charge < -0.3 is 9.80 Å². The second-order valence-electron chi connectivity index (χ2n) is 3.58. The quantitative estimate of drug-likeness (QED) is 0.563. The molecule has 0 unspecified atom stereocenters. The highest BCUT2D eigenvalue weighted by Crippen LogP contribution is 2.16. The van der Waals surface area contributed by atoms with Gasteiger partial charge in [0.1, 0.15) is 0 Å². The van der Waals surface area contributed by atoms with Crippen LogP contribution in [0, 0.1) is 5.92 Å². The van der Waals surface area contributed by atoms with Gasteiger partial charge in [0, 0.05) is 33.6 Å². The molecule has 3 nitrogen and oxygen atoms in total. The van der Waals surface area contributed by atoms with Gasteiger partial charge in [-0.3, -0.25) is 4.79 Å². The number of likely N-dealkylation sites (tertiary alicyclic amines) is 1. The van der Waals surface area contributed by atoms with Gasteiger partial charge in [-0.25, -0.2) is 0 Å². The van der Waals surface area contributed by atoms with Crippen molar-refractivity contribution in [3.8, 4) is 0 Å². The highest BCUT2D eigenvalue weighted by Gasteiger charge is 2.25. The Kier molecular flexibility index (Phi) is 2.49. The van der Waals surface area contributed by atoms with Crippen LogP contribution in [0.4, 0.5) is 0 Å². The third kappa shape index (κ3) is 2.19. The zero-order valence-electron chi connectivity index (χ0n) is 7.50. The van der Waals surface area contributed by atoms with Gasteiger partial charge in [-0.05, 0) is 13.0 Å². The maximum atomic E-state index is 11.2. The Balaban J connectivity index is 2.17. The summed E-state index contributed by atoms with van der Waals surface area (Å²) < 4.78 is 0. The summed E-state index contributed by atoms with van der Waals surface area (Å²) in [4.78, 5) is 15.1. The van der Waals surface area contributed by atoms with Crippen LogP contribution < -0.4 is 0 Å². The van der Waals surface area contributed by atoms with Crippen LogP contribution in [-0.4, -0.2) is 49.9 Å². The Labute approximate surface area is 68.0 Å². The first-order valence-electron chi connectivity index (χ1n) is 3.98. The molecule has 0 atom stereocenters. The van der Waals surface area contributed by atoms with Gasteiger partial charge in [0.15, 0.2) is 0 Å². The third-order valence-corrected chi connectivity index (χ3v) is 2.10. The van der Waals surface area contributed by atoms with Crippen LogP contribution in [0.25, 0.3) is 0 Å². The van der Waals surface area contributed by atoms with Crippen molar-refractivity contribution < 1.29 is 4.79 Å². The van der Waals surface area contributed by atoms with Gasteiger partial charge in [-0.15, -0.1) is 0 Å². The number of carbonyl (C=O) groups is 1. The van der Waals surface area contributed by atoms with Crippen LogP contribution in [0.15, 0.2) is 0 Å². The van der Waals surface area contributed by atoms with Gasteiger partial charge in [-0.2, -0.15) is 0 Å². The molecule has 1 rings (SSSR count). The normalized spacial score (nSPS) is 19.5. The largest absolute Gasteiger partial charge is 0.349 e. The third-order valence-electron chi connectivity index (χ3n) is 2.10. The zero-order valence-corrected chi connectivity index (χ0v) is 7.50. The summed E-state index contributed by atoms with van der Waals surface area (Å²) >= 11 is 0. The fourth-order valence-electron chi connectivity index (χ4n) is 1.39. The van der Waals surface area contributed by atoms with E-state index in [0.29, 0.717) is 5.92 Å². The van der Waals surface area contributed by atoms with Crippen molar-refractivity contribution in [1.82, 2.24) is 9.80 Å². The van der Waals surface area contributed by atoms with E-state index in [4.69, 9.17) is 0 Å². The molecule has 0 aromatic rings. The Morgan fingerprint density at radius 1 is 1.55 bits per heavy atom. The van der Waals surface area contributed by atoms with Crippen molar-refractivity contribution in [3.05, 3.63) is 0 Å². The van der Waals surface area contributed by atoms with Gasteiger partial charge in [0.05, 0.1) is 0 Å². The molecule has 0 aliphatic carbocycles. The maximum Gasteiger partial charge on any atom is 0.222 e. The average molecular weight is 156 g/mol. The topological polar surface area (TPSA) is 23.6 Å². The Morgan fingerprint density at radius 3 is 2.45 bits per heavy atom. The lowest BCUT2D eigenvalue weighted by Gasteiger charge is -2.36. The molecule has 0 N–H and O–H groups in total. The van der Waals surface area contributed by atoms with Crippen molar-refractivity contribution in [3.63, 3.8) is 0 Å². The molecule has 1 saturated heterocycles. The lowest BCUT2D eigenvalue weighted by Crippen LogP contribution is -2.45. The zero-order chi connectivity index (χ0) is 8.43. The summed E-state index contributed by atoms with van der Waals surface area (Å²) in [7, 11) is 5.70. The molecule has 11 heavy (non-hydrogen) atoms. The van der Waals surface area contributed by atoms with E-state index in [0.717, 1.165) is 19.5 Å². The molecule has 0 aromatic carbocycles. The highest BCUT2D eigenvalue weighted by atomic mass is 16.2. The van der Waals surface area contributed by atoms with E-state index >= 15 is 0 Å². The molecule has 0 bridgehead atoms. The molecule has 1 heterocycles. The molecule has 3 heteroatoms. The SMILES string of the molecule is CN1CC(CC(=O)N(C)C)C1. The summed E-state index contributed by atoms with van der Waals surface area (Å²) in [5.74, 6) is 0.859. The van der Waals surface area contributed by atoms with Crippen molar-refractivity contribution in [2.45, 2.75) is 6.42 Å². The standard InChI is InChI=1S/C8H16N2O/c1-9(2)8(11)4-7-5-10(3)6-7/h7H,4-6H2,1-3H3. The summed E-state index contributed by atoms with van der Waals surface area (Å²) in [6.45, 7) is 2.17. The van der Waals surface area contributed by atoms with Crippen LogP contribution in [0.2, 0.25) is 0 Å². The number of nitrogens with zero attached hydrogens (tertiary/aromatic N) is 2. The van der Waals surface area contributed by atoms with Gasteiger partial charge in [0.25, 0.3) is 0 Å². The van der Waals surface area contributed by atoms with Crippen LogP contribution >= 0.6 is 0 Å². The van der Waals surface area contributed by atoms with E-state index in [-0.39, 0.29) is 5.91 Å². The fraction of sp³-hybridized carbons (Fsp3) is 0.875. The second kappa shape index (κ2) is 3.22. The molecule has 0 aromatic heterocycles. The van der Waals surface area contributed by atoms with E-state index < -0.39 is 0 Å². The smallest absolute Gasteiger partial charge is 0.222 e. The first-order chi connectivity index (χ1) is 5.09. The van der Waals surface area contributed by atoms with Crippen molar-refractivity contribution in [2.75, 3.05) is 34.2 Å². The molecule has 0 spiro atoms. The van der Waals surface area contributed by atoms with Crippen molar-refractivity contribution in [2.24, 2.45) is 5.92 Å². The van der Waals surface area contributed by atoms with Crippen LogP contribution in [0.3, 0.4) is 0 Å². The summed E-state index contributed by atoms with van der Waals surface area (Å²) in [5, 5.41) is 0. The van der Waals surface area contributed by atoms with Gasteiger partial charge in [0.2, 0.25) is 5.91 Å². The van der Waals surface area contributed by atoms with Crippen LogP contribution in [0.5, 0.6) is 0 Å². The Bertz CT molecular complexity index is 150. The predicted molar refractivity (Wildman–Crippen MR) is 44.3 cm³/mol. The highest BCUT2D eigenvalue weighted by molar-refractivity contribution is 5.75. The minimum absolute atomic E-state index is 0.253. The lowest BCUT2D eigenvalue weighted by molar-refractivity contribution is -0.130. The minimum Gasteiger partial charge on any atom is -0.349 e. The number of hydrogen-bond donors (Lipinski definition) is 0. The van der Waals surface area contributed by atoms with E-state index in [1.54, 1.807) is 4.90 Å². The van der Waals surface area contributed by atoms with Crippen molar-refractivity contribution >= 4 is 5.91 Å². The Morgan fingerprint density at radius 2 is 2.09 bits per heavy atom. The molecule has 0 saturated carbocycles. The average Bonchev–Trinajstić information content (AvgIpc) is 1.84. The summed E-state index contributed by atoms with van der Waals surface area (Å²) in [5.41, 5.74) is 0. The van der Waals surface area contributed by atoms with Crippen LogP contribution in [-0.2, 0) is 4.79 Å². The van der Waals surface area contributed by atoms with E-state index in [2.05, 4.69) is 11.9 Å². The summed E-state index contributed by atoms with van der Waals surface area (Å²) in [6, 6.07) is 0. The molecule has 1 amide bonds. The Hall–Kier alpha value is -0.570. The predicted octanol–water partition coefficient (Wildman–Crippen LogP) is 0.0263. The summed E-state index contributed by atoms with van der Waals surface area (Å²) in [6.07, 6.45) is 0.720. The molecule has 0 radical (unpaired) electrons.